The summed E-state index contributed by atoms with van der Waals surface area (Å²) in [5.74, 6) is 2.51. The number of aliphatic hydroxyl groups excluding tert-OH is 4. The molecule has 1 spiro atoms. The Hall–Kier alpha value is -0.580. The Balaban J connectivity index is 1.15. The third-order valence-electron chi connectivity index (χ3n) is 13.5. The first-order valence-electron chi connectivity index (χ1n) is 16.4. The fourth-order valence-corrected chi connectivity index (χ4v) is 11.2. The van der Waals surface area contributed by atoms with Gasteiger partial charge < -0.3 is 39.4 Å². The van der Waals surface area contributed by atoms with Crippen LogP contribution in [0.4, 0.5) is 0 Å². The lowest BCUT2D eigenvalue weighted by atomic mass is 9.46. The lowest BCUT2D eigenvalue weighted by Gasteiger charge is -2.60. The molecule has 0 bridgehead atoms. The lowest BCUT2D eigenvalue weighted by molar-refractivity contribution is -0.318. The van der Waals surface area contributed by atoms with Crippen LogP contribution in [0.5, 0.6) is 0 Å². The number of rotatable bonds is 2. The third kappa shape index (κ3) is 4.14. The average Bonchev–Trinajstić information content (AvgIpc) is 3.38. The van der Waals surface area contributed by atoms with Crippen molar-refractivity contribution in [1.29, 1.82) is 0 Å². The van der Waals surface area contributed by atoms with E-state index in [1.165, 1.54) is 12.0 Å². The fraction of sp³-hybridized carbons (Fsp3) is 0.939. The molecule has 0 aromatic heterocycles. The van der Waals surface area contributed by atoms with Gasteiger partial charge in [-0.3, -0.25) is 0 Å². The molecule has 41 heavy (non-hydrogen) atoms. The second-order valence-corrected chi connectivity index (χ2v) is 15.5. The Morgan fingerprint density at radius 3 is 2.44 bits per heavy atom. The zero-order chi connectivity index (χ0) is 29.1. The van der Waals surface area contributed by atoms with Crippen LogP contribution in [0.2, 0.25) is 0 Å². The van der Waals surface area contributed by atoms with Crippen molar-refractivity contribution in [3.05, 3.63) is 11.6 Å². The largest absolute Gasteiger partial charge is 0.393 e. The Morgan fingerprint density at radius 1 is 0.927 bits per heavy atom. The first-order chi connectivity index (χ1) is 19.4. The first kappa shape index (κ1) is 29.1. The van der Waals surface area contributed by atoms with E-state index in [1.807, 2.05) is 0 Å². The van der Waals surface area contributed by atoms with Gasteiger partial charge in [0.05, 0.1) is 31.0 Å². The number of hydrogen-bond acceptors (Lipinski definition) is 8. The first-order valence-corrected chi connectivity index (χ1v) is 16.4. The maximum atomic E-state index is 10.9. The molecule has 0 amide bonds. The summed E-state index contributed by atoms with van der Waals surface area (Å²) in [6, 6.07) is 0. The summed E-state index contributed by atoms with van der Waals surface area (Å²) < 4.78 is 25.9. The van der Waals surface area contributed by atoms with E-state index in [9.17, 15) is 20.4 Å². The highest BCUT2D eigenvalue weighted by Crippen LogP contribution is 2.70. The Labute approximate surface area is 244 Å². The van der Waals surface area contributed by atoms with Crippen molar-refractivity contribution < 1.29 is 39.4 Å². The van der Waals surface area contributed by atoms with E-state index in [1.54, 1.807) is 6.92 Å². The van der Waals surface area contributed by atoms with Crippen LogP contribution in [0.3, 0.4) is 0 Å². The molecule has 4 N–H and O–H groups in total. The van der Waals surface area contributed by atoms with Gasteiger partial charge in [-0.25, -0.2) is 0 Å². The van der Waals surface area contributed by atoms with E-state index in [2.05, 4.69) is 33.8 Å². The standard InChI is InChI=1S/C33H52O8/c1-16-8-11-33(38-15-16)17(2)26-24(41-33)14-23-21-7-6-19-12-20(34)13-25(32(19,5)22(21)9-10-31(23,26)4)40-30-29(37)28(36)27(35)18(3)39-30/h6,16-18,20-30,34-37H,7-15H2,1-5H3/t16-,17-,18-,20+,21-,22-,23+,24-,25+,26-,27-,28+,29+,30-,31-,32-,33+/m0/s1. The van der Waals surface area contributed by atoms with E-state index in [4.69, 9.17) is 18.9 Å². The number of aliphatic hydroxyl groups is 4. The highest BCUT2D eigenvalue weighted by molar-refractivity contribution is 5.28. The molecule has 3 saturated carbocycles. The van der Waals surface area contributed by atoms with Gasteiger partial charge in [0.15, 0.2) is 12.1 Å². The van der Waals surface area contributed by atoms with Gasteiger partial charge in [0, 0.05) is 24.2 Å². The predicted molar refractivity (Wildman–Crippen MR) is 150 cm³/mol. The van der Waals surface area contributed by atoms with Crippen LogP contribution in [0, 0.1) is 46.3 Å². The molecule has 3 heterocycles. The molecule has 6 fully saturated rings. The van der Waals surface area contributed by atoms with Crippen molar-refractivity contribution in [3.8, 4) is 0 Å². The van der Waals surface area contributed by atoms with Crippen molar-refractivity contribution in [2.45, 2.75) is 141 Å². The molecule has 17 atom stereocenters. The molecule has 8 nitrogen and oxygen atoms in total. The van der Waals surface area contributed by atoms with Crippen LogP contribution in [0.25, 0.3) is 0 Å². The molecule has 7 rings (SSSR count). The average molecular weight is 577 g/mol. The van der Waals surface area contributed by atoms with Crippen LogP contribution in [0.15, 0.2) is 11.6 Å². The molecule has 3 saturated heterocycles. The van der Waals surface area contributed by atoms with Gasteiger partial charge >= 0.3 is 0 Å². The molecule has 0 unspecified atom stereocenters. The molecule has 0 aromatic carbocycles. The molecular formula is C33H52O8. The number of ether oxygens (including phenoxy) is 4. The second kappa shape index (κ2) is 9.96. The van der Waals surface area contributed by atoms with Crippen molar-refractivity contribution in [1.82, 2.24) is 0 Å². The molecule has 4 aliphatic carbocycles. The van der Waals surface area contributed by atoms with Crippen molar-refractivity contribution >= 4 is 0 Å². The summed E-state index contributed by atoms with van der Waals surface area (Å²) in [7, 11) is 0. The SMILES string of the molecule is C[C@H]1CC[C@@]2(OC1)O[C@H]1C[C@@H]3[C@H]4CC=C5C[C@@H](O)C[C@@H](O[C@@H]6O[C@@H](C)[C@H](O)[C@@H](O)[C@H]6O)[C@]5(C)[C@H]4CC[C@]3(C)[C@H]1[C@@H]2C. The lowest BCUT2D eigenvalue weighted by Crippen LogP contribution is -2.61. The molecule has 8 heteroatoms. The highest BCUT2D eigenvalue weighted by Gasteiger charge is 2.69. The molecule has 232 valence electrons. The van der Waals surface area contributed by atoms with Crippen molar-refractivity contribution in [3.63, 3.8) is 0 Å². The predicted octanol–water partition coefficient (Wildman–Crippen LogP) is 3.54. The third-order valence-corrected chi connectivity index (χ3v) is 13.5. The normalized spacial score (nSPS) is 60.2. The Bertz CT molecular complexity index is 1040. The van der Waals surface area contributed by atoms with Crippen LogP contribution < -0.4 is 0 Å². The highest BCUT2D eigenvalue weighted by atomic mass is 16.7. The number of allylic oxidation sites excluding steroid dienone is 1. The summed E-state index contributed by atoms with van der Waals surface area (Å²) in [6.07, 6.45) is 3.78. The van der Waals surface area contributed by atoms with Crippen LogP contribution in [-0.2, 0) is 18.9 Å². The zero-order valence-electron chi connectivity index (χ0n) is 25.4. The fourth-order valence-electron chi connectivity index (χ4n) is 11.2. The topological polar surface area (TPSA) is 118 Å². The molecular weight excluding hydrogens is 524 g/mol. The maximum absolute atomic E-state index is 10.9. The molecule has 7 aliphatic rings. The summed E-state index contributed by atoms with van der Waals surface area (Å²) in [5.41, 5.74) is 1.16. The van der Waals surface area contributed by atoms with Crippen LogP contribution in [-0.4, -0.2) is 81.8 Å². The minimum Gasteiger partial charge on any atom is -0.393 e. The van der Waals surface area contributed by atoms with Gasteiger partial charge in [-0.1, -0.05) is 39.3 Å². The summed E-state index contributed by atoms with van der Waals surface area (Å²) >= 11 is 0. The van der Waals surface area contributed by atoms with E-state index in [0.717, 1.165) is 38.7 Å². The van der Waals surface area contributed by atoms with Gasteiger partial charge in [-0.2, -0.15) is 0 Å². The smallest absolute Gasteiger partial charge is 0.186 e. The molecule has 0 aromatic rings. The minimum absolute atomic E-state index is 0.200. The summed E-state index contributed by atoms with van der Waals surface area (Å²) in [4.78, 5) is 0. The van der Waals surface area contributed by atoms with E-state index in [0.29, 0.717) is 48.3 Å². The van der Waals surface area contributed by atoms with Gasteiger partial charge in [0.25, 0.3) is 0 Å². The van der Waals surface area contributed by atoms with Gasteiger partial charge in [-0.15, -0.1) is 0 Å². The maximum Gasteiger partial charge on any atom is 0.186 e. The Morgan fingerprint density at radius 2 is 1.71 bits per heavy atom. The zero-order valence-corrected chi connectivity index (χ0v) is 25.4. The van der Waals surface area contributed by atoms with Crippen molar-refractivity contribution in [2.75, 3.05) is 6.61 Å². The van der Waals surface area contributed by atoms with E-state index >= 15 is 0 Å². The quantitative estimate of drug-likeness (QED) is 0.369. The van der Waals surface area contributed by atoms with Gasteiger partial charge in [0.2, 0.25) is 0 Å². The number of fused-ring (bicyclic) bond motifs is 7. The minimum atomic E-state index is -1.35. The summed E-state index contributed by atoms with van der Waals surface area (Å²) in [5, 5.41) is 42.3. The monoisotopic (exact) mass is 576 g/mol. The van der Waals surface area contributed by atoms with Gasteiger partial charge in [-0.05, 0) is 80.5 Å². The molecule has 0 radical (unpaired) electrons. The van der Waals surface area contributed by atoms with Gasteiger partial charge in [0.1, 0.15) is 18.3 Å². The van der Waals surface area contributed by atoms with Crippen LogP contribution in [0.1, 0.15) is 86.0 Å². The van der Waals surface area contributed by atoms with Crippen LogP contribution >= 0.6 is 0 Å². The summed E-state index contributed by atoms with van der Waals surface area (Å²) in [6.45, 7) is 12.0. The second-order valence-electron chi connectivity index (χ2n) is 15.5. The van der Waals surface area contributed by atoms with E-state index in [-0.39, 0.29) is 23.0 Å². The van der Waals surface area contributed by atoms with E-state index < -0.39 is 42.6 Å². The van der Waals surface area contributed by atoms with Crippen molar-refractivity contribution in [2.24, 2.45) is 46.3 Å². The molecule has 3 aliphatic heterocycles. The number of hydrogen-bond donors (Lipinski definition) is 4. The Kier molecular flexibility index (Phi) is 7.08.